The Morgan fingerprint density at radius 3 is 1.37 bits per heavy atom. The van der Waals surface area contributed by atoms with Gasteiger partial charge in [-0.25, -0.2) is 0 Å². The van der Waals surface area contributed by atoms with E-state index in [0.717, 1.165) is 11.1 Å². The molecule has 0 amide bonds. The number of fused-ring (bicyclic) bond motifs is 2. The number of hydrogen-bond acceptors (Lipinski definition) is 0. The van der Waals surface area contributed by atoms with Gasteiger partial charge in [0.1, 0.15) is 0 Å². The molecule has 5 heteroatoms. The summed E-state index contributed by atoms with van der Waals surface area (Å²) in [5, 5.41) is 0. The van der Waals surface area contributed by atoms with Crippen molar-refractivity contribution >= 4 is 28.3 Å². The number of allylic oxidation sites excluding steroid dienone is 2. The van der Waals surface area contributed by atoms with Crippen molar-refractivity contribution in [1.82, 2.24) is 0 Å². The predicted octanol–water partition coefficient (Wildman–Crippen LogP) is 3.10. The van der Waals surface area contributed by atoms with Crippen LogP contribution in [0.25, 0.3) is 12.2 Å². The first kappa shape index (κ1) is 26.4. The van der Waals surface area contributed by atoms with Gasteiger partial charge in [0.05, 0.1) is 0 Å². The zero-order valence-electron chi connectivity index (χ0n) is 21.3. The molecule has 3 fully saturated rings. The minimum atomic E-state index is -2.51. The van der Waals surface area contributed by atoms with Crippen molar-refractivity contribution in [3.05, 3.63) is 77.3 Å². The van der Waals surface area contributed by atoms with Crippen LogP contribution in [0.2, 0.25) is 44.5 Å². The van der Waals surface area contributed by atoms with Crippen molar-refractivity contribution in [2.45, 2.75) is 82.3 Å². The van der Waals surface area contributed by atoms with Gasteiger partial charge < -0.3 is 24.8 Å². The molecule has 2 aliphatic carbocycles. The van der Waals surface area contributed by atoms with E-state index in [2.05, 4.69) is 81.1 Å². The second-order valence-electron chi connectivity index (χ2n) is 12.0. The van der Waals surface area contributed by atoms with Crippen LogP contribution in [0, 0.1) is 0 Å². The van der Waals surface area contributed by atoms with Crippen LogP contribution in [-0.4, -0.2) is 16.1 Å². The summed E-state index contributed by atoms with van der Waals surface area (Å²) in [7, 11) is -2.40. The van der Waals surface area contributed by atoms with Crippen LogP contribution in [0.4, 0.5) is 0 Å². The molecule has 2 aromatic rings. The van der Waals surface area contributed by atoms with Gasteiger partial charge in [-0.3, -0.25) is 0 Å². The van der Waals surface area contributed by atoms with Crippen molar-refractivity contribution in [2.24, 2.45) is 0 Å². The van der Waals surface area contributed by atoms with Crippen molar-refractivity contribution in [3.63, 3.8) is 0 Å². The first-order chi connectivity index (χ1) is 16.2. The Morgan fingerprint density at radius 2 is 1.06 bits per heavy atom. The van der Waals surface area contributed by atoms with Crippen LogP contribution in [0.15, 0.2) is 55.1 Å². The van der Waals surface area contributed by atoms with Crippen molar-refractivity contribution in [1.29, 1.82) is 0 Å². The smallest absolute Gasteiger partial charge is 1.00 e. The molecule has 3 heterocycles. The Morgan fingerprint density at radius 1 is 0.657 bits per heavy atom. The van der Waals surface area contributed by atoms with Crippen LogP contribution in [-0.2, 0) is 20.3 Å². The van der Waals surface area contributed by atoms with Gasteiger partial charge in [0.25, 0.3) is 0 Å². The summed E-state index contributed by atoms with van der Waals surface area (Å²) in [5.41, 5.74) is 8.54. The summed E-state index contributed by atoms with van der Waals surface area (Å²) in [6.45, 7) is 5.11. The monoisotopic (exact) mass is 614 g/mol. The largest absolute Gasteiger partial charge is 1.00 e. The Balaban J connectivity index is 0.00000127. The van der Waals surface area contributed by atoms with Crippen LogP contribution in [0.3, 0.4) is 0 Å². The quantitative estimate of drug-likeness (QED) is 0.438. The molecule has 184 valence electrons. The molecule has 0 aromatic heterocycles. The molecule has 3 saturated heterocycles. The maximum absolute atomic E-state index is 2.81. The van der Waals surface area contributed by atoms with E-state index in [1.165, 1.54) is 24.9 Å². The van der Waals surface area contributed by atoms with Gasteiger partial charge >= 0.3 is 208 Å². The van der Waals surface area contributed by atoms with Gasteiger partial charge in [-0.15, -0.1) is 0 Å². The minimum absolute atomic E-state index is 0. The molecule has 3 aliphatic heterocycles. The summed E-state index contributed by atoms with van der Waals surface area (Å²) >= 11 is -2.51. The average Bonchev–Trinajstić information content (AvgIpc) is 3.36. The van der Waals surface area contributed by atoms with Gasteiger partial charge in [0.2, 0.25) is 0 Å². The molecule has 0 N–H and O–H groups in total. The summed E-state index contributed by atoms with van der Waals surface area (Å²) in [6.07, 6.45) is 8.65. The Kier molecular flexibility index (Phi) is 7.20. The summed E-state index contributed by atoms with van der Waals surface area (Å²) < 4.78 is 7.43. The van der Waals surface area contributed by atoms with Gasteiger partial charge in [0.15, 0.2) is 0 Å². The SMILES string of the molecule is CC[Si]1(C2[C]([Zr+2]3([C]4=Cc5ccccc5C4[Si]4(CC)CCC4)[CH2][CH2]3)=Cc3ccccc32)CCC1.[Cl-].[Cl-]. The second kappa shape index (κ2) is 9.53. The van der Waals surface area contributed by atoms with E-state index in [4.69, 9.17) is 0 Å². The fourth-order valence-corrected chi connectivity index (χ4v) is 39.2. The van der Waals surface area contributed by atoms with Crippen molar-refractivity contribution in [2.75, 3.05) is 0 Å². The van der Waals surface area contributed by atoms with Crippen LogP contribution < -0.4 is 24.8 Å². The van der Waals surface area contributed by atoms with Gasteiger partial charge in [-0.05, 0) is 0 Å². The van der Waals surface area contributed by atoms with E-state index in [1.807, 2.05) is 0 Å². The maximum atomic E-state index is 2.81. The van der Waals surface area contributed by atoms with E-state index in [1.54, 1.807) is 54.7 Å². The fraction of sp³-hybridized carbons (Fsp3) is 0.467. The molecule has 5 aliphatic rings. The molecular formula is C30H38Cl2Si2Zr. The zero-order chi connectivity index (χ0) is 22.3. The third-order valence-electron chi connectivity index (χ3n) is 11.0. The van der Waals surface area contributed by atoms with Gasteiger partial charge in [0, 0.05) is 0 Å². The number of hydrogen-bond donors (Lipinski definition) is 0. The first-order valence-electron chi connectivity index (χ1n) is 13.8. The Bertz CT molecular complexity index is 1090. The number of rotatable bonds is 6. The summed E-state index contributed by atoms with van der Waals surface area (Å²) in [4.78, 5) is 0. The van der Waals surface area contributed by atoms with E-state index in [9.17, 15) is 0 Å². The molecule has 0 radical (unpaired) electrons. The average molecular weight is 617 g/mol. The Hall–Kier alpha value is -0.183. The molecule has 0 spiro atoms. The van der Waals surface area contributed by atoms with Crippen LogP contribution in [0.1, 0.15) is 60.0 Å². The molecule has 35 heavy (non-hydrogen) atoms. The third kappa shape index (κ3) is 3.65. The number of benzene rings is 2. The molecule has 2 atom stereocenters. The topological polar surface area (TPSA) is 0 Å². The second-order valence-corrected chi connectivity index (χ2v) is 32.7. The van der Waals surface area contributed by atoms with Crippen molar-refractivity contribution < 1.29 is 45.1 Å². The standard InChI is InChI=1S/2C14H17Si.C2H4.2ClH.Zr/c2*1-2-15(10-5-11-15)14-9-8-12-6-3-4-7-13(12)14;1-2;;;/h2*3-4,6-8,14H,2,5,10-11H2,1H3;1-2H2;2*1H;/q;;;;;+2/p-2. The zero-order valence-corrected chi connectivity index (χ0v) is 27.2. The van der Waals surface area contributed by atoms with Crippen LogP contribution in [0.5, 0.6) is 0 Å². The molecule has 0 saturated carbocycles. The predicted molar refractivity (Wildman–Crippen MR) is 145 cm³/mol. The Labute approximate surface area is 231 Å². The van der Waals surface area contributed by atoms with E-state index in [0.29, 0.717) is 0 Å². The van der Waals surface area contributed by atoms with E-state index < -0.39 is 36.4 Å². The first-order valence-corrected chi connectivity index (χ1v) is 25.1. The molecule has 2 aromatic carbocycles. The van der Waals surface area contributed by atoms with E-state index >= 15 is 0 Å². The van der Waals surface area contributed by atoms with Crippen molar-refractivity contribution in [3.8, 4) is 0 Å². The fourth-order valence-electron chi connectivity index (χ4n) is 8.62. The molecule has 0 bridgehead atoms. The third-order valence-corrected chi connectivity index (χ3v) is 35.6. The molecule has 7 rings (SSSR count). The molecular weight excluding hydrogens is 579 g/mol. The minimum Gasteiger partial charge on any atom is -1.00 e. The van der Waals surface area contributed by atoms with Gasteiger partial charge in [-0.2, -0.15) is 0 Å². The van der Waals surface area contributed by atoms with Crippen LogP contribution >= 0.6 is 0 Å². The normalized spacial score (nSPS) is 26.7. The molecule has 2 unspecified atom stereocenters. The summed E-state index contributed by atoms with van der Waals surface area (Å²) in [6, 6.07) is 28.7. The summed E-state index contributed by atoms with van der Waals surface area (Å²) in [5.74, 6) is 0. The van der Waals surface area contributed by atoms with E-state index in [-0.39, 0.29) is 24.8 Å². The molecule has 0 nitrogen and oxygen atoms in total. The van der Waals surface area contributed by atoms with Gasteiger partial charge in [-0.1, -0.05) is 0 Å². The number of halogens is 2. The maximum Gasteiger partial charge on any atom is -1.00 e.